The van der Waals surface area contributed by atoms with Crippen molar-refractivity contribution in [3.05, 3.63) is 29.3 Å². The average Bonchev–Trinajstić information content (AvgIpc) is 2.75. The third-order valence-corrected chi connectivity index (χ3v) is 3.23. The lowest BCUT2D eigenvalue weighted by Crippen LogP contribution is -2.09. The highest BCUT2D eigenvalue weighted by Gasteiger charge is 2.32. The van der Waals surface area contributed by atoms with Gasteiger partial charge < -0.3 is 0 Å². The van der Waals surface area contributed by atoms with Crippen LogP contribution in [0.15, 0.2) is 23.4 Å². The zero-order chi connectivity index (χ0) is 14.2. The summed E-state index contributed by atoms with van der Waals surface area (Å²) in [6, 6.07) is 3.49. The van der Waals surface area contributed by atoms with Crippen molar-refractivity contribution >= 4 is 10.8 Å². The Hall–Kier alpha value is -1.77. The molecule has 0 amide bonds. The average molecular weight is 290 g/mol. The molecule has 102 valence electrons. The van der Waals surface area contributed by atoms with Gasteiger partial charge in [0.25, 0.3) is 0 Å². The van der Waals surface area contributed by atoms with E-state index in [1.807, 2.05) is 0 Å². The minimum Gasteiger partial charge on any atom is -0.251 e. The fourth-order valence-corrected chi connectivity index (χ4v) is 2.15. The molecule has 1 aromatic heterocycles. The summed E-state index contributed by atoms with van der Waals surface area (Å²) in [5.41, 5.74) is -0.336. The van der Waals surface area contributed by atoms with Crippen molar-refractivity contribution in [3.8, 4) is 5.69 Å². The topological polar surface area (TPSA) is 60.7 Å². The Morgan fingerprint density at radius 3 is 2.53 bits per heavy atom. The van der Waals surface area contributed by atoms with E-state index in [0.717, 1.165) is 10.7 Å². The molecule has 0 aliphatic heterocycles. The molecule has 0 saturated carbocycles. The van der Waals surface area contributed by atoms with Gasteiger partial charge in [-0.05, 0) is 41.1 Å². The molecule has 0 fully saturated rings. The number of hydrogen-bond donors (Lipinski definition) is 0. The fraction of sp³-hybridized carbons (Fsp3) is 0.300. The van der Waals surface area contributed by atoms with Gasteiger partial charge in [0.05, 0.1) is 22.1 Å². The van der Waals surface area contributed by atoms with E-state index in [1.165, 1.54) is 25.3 Å². The molecule has 0 spiro atoms. The number of benzene rings is 1. The summed E-state index contributed by atoms with van der Waals surface area (Å²) in [7, 11) is -1.43. The maximum absolute atomic E-state index is 12.6. The van der Waals surface area contributed by atoms with Crippen molar-refractivity contribution in [2.75, 3.05) is 6.26 Å². The van der Waals surface area contributed by atoms with Crippen molar-refractivity contribution < 1.29 is 17.4 Å². The number of hydrogen-bond acceptors (Lipinski definition) is 4. The number of rotatable bonds is 2. The smallest absolute Gasteiger partial charge is 0.251 e. The quantitative estimate of drug-likeness (QED) is 0.845. The van der Waals surface area contributed by atoms with Gasteiger partial charge in [-0.3, -0.25) is 4.21 Å². The molecule has 1 aromatic carbocycles. The Morgan fingerprint density at radius 1 is 1.32 bits per heavy atom. The van der Waals surface area contributed by atoms with Gasteiger partial charge >= 0.3 is 6.18 Å². The summed E-state index contributed by atoms with van der Waals surface area (Å²) in [4.78, 5) is 0. The van der Waals surface area contributed by atoms with Crippen LogP contribution in [-0.4, -0.2) is 30.7 Å². The van der Waals surface area contributed by atoms with Crippen molar-refractivity contribution in [2.45, 2.75) is 18.3 Å². The van der Waals surface area contributed by atoms with Gasteiger partial charge in [-0.25, -0.2) is 0 Å². The second-order valence-electron chi connectivity index (χ2n) is 3.82. The van der Waals surface area contributed by atoms with Crippen LogP contribution in [0.2, 0.25) is 0 Å². The predicted octanol–water partition coefficient (Wildman–Crippen LogP) is 1.73. The van der Waals surface area contributed by atoms with Gasteiger partial charge in [-0.2, -0.15) is 17.9 Å². The summed E-state index contributed by atoms with van der Waals surface area (Å²) in [6.45, 7) is 1.35. The lowest BCUT2D eigenvalue weighted by atomic mass is 10.1. The first kappa shape index (κ1) is 13.7. The van der Waals surface area contributed by atoms with E-state index < -0.39 is 22.5 Å². The molecule has 0 bridgehead atoms. The minimum absolute atomic E-state index is 0.0494. The molecule has 0 saturated heterocycles. The number of halogens is 3. The minimum atomic E-state index is -4.40. The molecule has 1 unspecified atom stereocenters. The van der Waals surface area contributed by atoms with Crippen LogP contribution < -0.4 is 0 Å². The largest absolute Gasteiger partial charge is 0.416 e. The number of aryl methyl sites for hydroxylation is 1. The third-order valence-electron chi connectivity index (χ3n) is 2.46. The summed E-state index contributed by atoms with van der Waals surface area (Å²) in [5, 5.41) is 10.6. The summed E-state index contributed by atoms with van der Waals surface area (Å²) < 4.78 is 50.4. The first-order valence-electron chi connectivity index (χ1n) is 5.10. The zero-order valence-corrected chi connectivity index (χ0v) is 10.8. The summed E-state index contributed by atoms with van der Waals surface area (Å²) in [5.74, 6) is 0. The van der Waals surface area contributed by atoms with Crippen LogP contribution in [-0.2, 0) is 17.0 Å². The molecular formula is C10H9F3N4OS. The van der Waals surface area contributed by atoms with Crippen LogP contribution >= 0.6 is 0 Å². The second kappa shape index (κ2) is 4.72. The monoisotopic (exact) mass is 290 g/mol. The maximum Gasteiger partial charge on any atom is 0.416 e. The van der Waals surface area contributed by atoms with E-state index in [2.05, 4.69) is 15.5 Å². The predicted molar refractivity (Wildman–Crippen MR) is 61.2 cm³/mol. The van der Waals surface area contributed by atoms with Crippen LogP contribution in [0.4, 0.5) is 13.2 Å². The number of nitrogens with zero attached hydrogens (tertiary/aromatic N) is 4. The Bertz CT molecular complexity index is 638. The standard InChI is InChI=1S/C10H9F3N4OS/c1-6-5-7(3-4-8(6)10(11,12)13)17-9(19(2)18)14-15-16-17/h3-5H,1-2H3. The fourth-order valence-electron chi connectivity index (χ4n) is 1.62. The molecule has 0 radical (unpaired) electrons. The van der Waals surface area contributed by atoms with Crippen molar-refractivity contribution in [1.29, 1.82) is 0 Å². The zero-order valence-electron chi connectivity index (χ0n) is 9.97. The normalized spacial score (nSPS) is 13.5. The highest BCUT2D eigenvalue weighted by atomic mass is 32.2. The SMILES string of the molecule is Cc1cc(-n2nnnc2S(C)=O)ccc1C(F)(F)F. The molecule has 1 atom stereocenters. The van der Waals surface area contributed by atoms with Crippen LogP contribution in [0.5, 0.6) is 0 Å². The number of alkyl halides is 3. The Kier molecular flexibility index (Phi) is 3.40. The number of aromatic nitrogens is 4. The lowest BCUT2D eigenvalue weighted by molar-refractivity contribution is -0.138. The van der Waals surface area contributed by atoms with E-state index in [9.17, 15) is 17.4 Å². The third kappa shape index (κ3) is 2.65. The van der Waals surface area contributed by atoms with Gasteiger partial charge in [-0.15, -0.1) is 0 Å². The van der Waals surface area contributed by atoms with Gasteiger partial charge in [-0.1, -0.05) is 5.10 Å². The van der Waals surface area contributed by atoms with E-state index in [4.69, 9.17) is 0 Å². The second-order valence-corrected chi connectivity index (χ2v) is 5.10. The molecule has 2 rings (SSSR count). The van der Waals surface area contributed by atoms with Crippen LogP contribution in [0.1, 0.15) is 11.1 Å². The Morgan fingerprint density at radius 2 is 2.00 bits per heavy atom. The summed E-state index contributed by atoms with van der Waals surface area (Å²) >= 11 is 0. The molecule has 9 heteroatoms. The van der Waals surface area contributed by atoms with Crippen molar-refractivity contribution in [3.63, 3.8) is 0 Å². The van der Waals surface area contributed by atoms with Gasteiger partial charge in [0.15, 0.2) is 0 Å². The molecular weight excluding hydrogens is 281 g/mol. The molecule has 19 heavy (non-hydrogen) atoms. The Balaban J connectivity index is 2.51. The van der Waals surface area contributed by atoms with Crippen molar-refractivity contribution in [2.24, 2.45) is 0 Å². The molecule has 2 aromatic rings. The van der Waals surface area contributed by atoms with E-state index >= 15 is 0 Å². The van der Waals surface area contributed by atoms with Crippen LogP contribution in [0.25, 0.3) is 5.69 Å². The van der Waals surface area contributed by atoms with E-state index in [-0.39, 0.29) is 10.7 Å². The highest BCUT2D eigenvalue weighted by molar-refractivity contribution is 7.84. The van der Waals surface area contributed by atoms with Crippen LogP contribution in [0, 0.1) is 6.92 Å². The first-order valence-corrected chi connectivity index (χ1v) is 6.66. The summed E-state index contributed by atoms with van der Waals surface area (Å²) in [6.07, 6.45) is -3.02. The van der Waals surface area contributed by atoms with Crippen molar-refractivity contribution in [1.82, 2.24) is 20.2 Å². The highest BCUT2D eigenvalue weighted by Crippen LogP contribution is 2.32. The van der Waals surface area contributed by atoms with E-state index in [1.54, 1.807) is 0 Å². The van der Waals surface area contributed by atoms with Gasteiger partial charge in [0.2, 0.25) is 5.16 Å². The molecule has 1 heterocycles. The van der Waals surface area contributed by atoms with Crippen LogP contribution in [0.3, 0.4) is 0 Å². The molecule has 5 nitrogen and oxygen atoms in total. The van der Waals surface area contributed by atoms with Gasteiger partial charge in [0.1, 0.15) is 0 Å². The number of tetrazole rings is 1. The first-order chi connectivity index (χ1) is 8.80. The maximum atomic E-state index is 12.6. The molecule has 0 aliphatic carbocycles. The lowest BCUT2D eigenvalue weighted by Gasteiger charge is -2.11. The molecule has 0 N–H and O–H groups in total. The van der Waals surface area contributed by atoms with Gasteiger partial charge in [0, 0.05) is 6.26 Å². The van der Waals surface area contributed by atoms with E-state index in [0.29, 0.717) is 5.69 Å². The Labute approximate surface area is 108 Å². The molecule has 0 aliphatic rings.